The highest BCUT2D eigenvalue weighted by atomic mass is 79.9. The number of hydrogen-bond acceptors (Lipinski definition) is 2. The van der Waals surface area contributed by atoms with Crippen molar-refractivity contribution in [1.82, 2.24) is 5.32 Å². The van der Waals surface area contributed by atoms with E-state index in [1.807, 2.05) is 13.0 Å². The van der Waals surface area contributed by atoms with Gasteiger partial charge in [0.1, 0.15) is 5.75 Å². The molecular formula is C13H20BrNO. The van der Waals surface area contributed by atoms with Crippen LogP contribution in [0.5, 0.6) is 5.75 Å². The first kappa shape index (κ1) is 13.5. The molecule has 1 rings (SSSR count). The molecule has 1 atom stereocenters. The number of ether oxygens (including phenoxy) is 1. The Labute approximate surface area is 107 Å². The number of nitrogens with one attached hydrogen (secondary N) is 1. The maximum Gasteiger partial charge on any atom is 0.133 e. The van der Waals surface area contributed by atoms with Gasteiger partial charge in [-0.25, -0.2) is 0 Å². The van der Waals surface area contributed by atoms with Crippen LogP contribution in [0.25, 0.3) is 0 Å². The van der Waals surface area contributed by atoms with Gasteiger partial charge in [-0.1, -0.05) is 13.0 Å². The van der Waals surface area contributed by atoms with Crippen molar-refractivity contribution in [2.75, 3.05) is 6.61 Å². The van der Waals surface area contributed by atoms with Crippen LogP contribution in [0.2, 0.25) is 0 Å². The molecule has 0 spiro atoms. The van der Waals surface area contributed by atoms with Crippen molar-refractivity contribution in [3.8, 4) is 5.75 Å². The third-order valence-electron chi connectivity index (χ3n) is 2.56. The minimum absolute atomic E-state index is 0.561. The van der Waals surface area contributed by atoms with E-state index in [4.69, 9.17) is 4.74 Å². The van der Waals surface area contributed by atoms with E-state index in [1.165, 1.54) is 5.56 Å². The molecule has 0 radical (unpaired) electrons. The second kappa shape index (κ2) is 6.92. The summed E-state index contributed by atoms with van der Waals surface area (Å²) in [4.78, 5) is 0. The minimum atomic E-state index is 0.561. The fraction of sp³-hybridized carbons (Fsp3) is 0.538. The van der Waals surface area contributed by atoms with Gasteiger partial charge in [0.05, 0.1) is 11.1 Å². The van der Waals surface area contributed by atoms with Gasteiger partial charge in [-0.15, -0.1) is 0 Å². The molecule has 0 aliphatic heterocycles. The Morgan fingerprint density at radius 2 is 2.12 bits per heavy atom. The first-order valence-electron chi connectivity index (χ1n) is 5.82. The molecular weight excluding hydrogens is 266 g/mol. The van der Waals surface area contributed by atoms with E-state index in [0.717, 1.165) is 23.2 Å². The van der Waals surface area contributed by atoms with Crippen molar-refractivity contribution in [3.63, 3.8) is 0 Å². The minimum Gasteiger partial charge on any atom is -0.493 e. The Morgan fingerprint density at radius 1 is 1.38 bits per heavy atom. The highest BCUT2D eigenvalue weighted by Gasteiger charge is 2.03. The van der Waals surface area contributed by atoms with Gasteiger partial charge in [-0.2, -0.15) is 0 Å². The van der Waals surface area contributed by atoms with Crippen LogP contribution in [0.4, 0.5) is 0 Å². The van der Waals surface area contributed by atoms with Gasteiger partial charge in [0.15, 0.2) is 0 Å². The van der Waals surface area contributed by atoms with Crippen LogP contribution >= 0.6 is 15.9 Å². The number of rotatable bonds is 6. The Balaban J connectivity index is 2.59. The average Bonchev–Trinajstić information content (AvgIpc) is 2.29. The molecule has 16 heavy (non-hydrogen) atoms. The van der Waals surface area contributed by atoms with Gasteiger partial charge in [-0.3, -0.25) is 0 Å². The van der Waals surface area contributed by atoms with Crippen LogP contribution in [0, 0.1) is 0 Å². The van der Waals surface area contributed by atoms with Crippen molar-refractivity contribution < 1.29 is 4.74 Å². The van der Waals surface area contributed by atoms with E-state index in [2.05, 4.69) is 47.2 Å². The molecule has 0 amide bonds. The van der Waals surface area contributed by atoms with E-state index in [0.29, 0.717) is 12.6 Å². The van der Waals surface area contributed by atoms with Crippen LogP contribution in [-0.4, -0.2) is 12.6 Å². The molecule has 1 aromatic rings. The zero-order chi connectivity index (χ0) is 12.0. The standard InChI is InChI=1S/C13H20BrNO/c1-4-10(3)15-9-11-6-7-13(16-5-2)12(14)8-11/h6-8,10,15H,4-5,9H2,1-3H3/t10-/m1/s1. The van der Waals surface area contributed by atoms with Gasteiger partial charge < -0.3 is 10.1 Å². The first-order chi connectivity index (χ1) is 7.67. The number of benzene rings is 1. The summed E-state index contributed by atoms with van der Waals surface area (Å²) in [7, 11) is 0. The lowest BCUT2D eigenvalue weighted by Gasteiger charge is -2.12. The van der Waals surface area contributed by atoms with Crippen molar-refractivity contribution in [1.29, 1.82) is 0 Å². The van der Waals surface area contributed by atoms with E-state index < -0.39 is 0 Å². The predicted octanol–water partition coefficient (Wildman–Crippen LogP) is 3.74. The smallest absolute Gasteiger partial charge is 0.133 e. The lowest BCUT2D eigenvalue weighted by atomic mass is 10.2. The van der Waals surface area contributed by atoms with Crippen molar-refractivity contribution >= 4 is 15.9 Å². The maximum atomic E-state index is 5.47. The average molecular weight is 286 g/mol. The molecule has 0 saturated heterocycles. The maximum absolute atomic E-state index is 5.47. The molecule has 1 aromatic carbocycles. The second-order valence-electron chi connectivity index (χ2n) is 3.89. The quantitative estimate of drug-likeness (QED) is 0.860. The monoisotopic (exact) mass is 285 g/mol. The van der Waals surface area contributed by atoms with E-state index in [1.54, 1.807) is 0 Å². The fourth-order valence-corrected chi connectivity index (χ4v) is 1.90. The van der Waals surface area contributed by atoms with Crippen LogP contribution in [0.1, 0.15) is 32.8 Å². The summed E-state index contributed by atoms with van der Waals surface area (Å²) in [5, 5.41) is 3.47. The van der Waals surface area contributed by atoms with Gasteiger partial charge >= 0.3 is 0 Å². The van der Waals surface area contributed by atoms with E-state index in [9.17, 15) is 0 Å². The van der Waals surface area contributed by atoms with Crippen LogP contribution in [0.15, 0.2) is 22.7 Å². The summed E-state index contributed by atoms with van der Waals surface area (Å²) in [5.41, 5.74) is 1.27. The first-order valence-corrected chi connectivity index (χ1v) is 6.61. The summed E-state index contributed by atoms with van der Waals surface area (Å²) in [5.74, 6) is 0.912. The molecule has 0 heterocycles. The Kier molecular flexibility index (Phi) is 5.85. The predicted molar refractivity (Wildman–Crippen MR) is 71.9 cm³/mol. The van der Waals surface area contributed by atoms with Crippen molar-refractivity contribution in [2.45, 2.75) is 39.8 Å². The topological polar surface area (TPSA) is 21.3 Å². The van der Waals surface area contributed by atoms with Crippen LogP contribution < -0.4 is 10.1 Å². The Morgan fingerprint density at radius 3 is 2.69 bits per heavy atom. The zero-order valence-corrected chi connectivity index (χ0v) is 11.8. The normalized spacial score (nSPS) is 12.5. The second-order valence-corrected chi connectivity index (χ2v) is 4.74. The zero-order valence-electron chi connectivity index (χ0n) is 10.2. The van der Waals surface area contributed by atoms with Gasteiger partial charge in [0.25, 0.3) is 0 Å². The van der Waals surface area contributed by atoms with Gasteiger partial charge in [0.2, 0.25) is 0 Å². The highest BCUT2D eigenvalue weighted by molar-refractivity contribution is 9.10. The third-order valence-corrected chi connectivity index (χ3v) is 3.18. The third kappa shape index (κ3) is 4.14. The summed E-state index contributed by atoms with van der Waals surface area (Å²) in [6.07, 6.45) is 1.15. The van der Waals surface area contributed by atoms with Crippen molar-refractivity contribution in [2.24, 2.45) is 0 Å². The van der Waals surface area contributed by atoms with Gasteiger partial charge in [-0.05, 0) is 53.9 Å². The largest absolute Gasteiger partial charge is 0.493 e. The van der Waals surface area contributed by atoms with Gasteiger partial charge in [0, 0.05) is 12.6 Å². The molecule has 0 unspecified atom stereocenters. The molecule has 3 heteroatoms. The summed E-state index contributed by atoms with van der Waals surface area (Å²) >= 11 is 3.52. The van der Waals surface area contributed by atoms with Crippen LogP contribution in [0.3, 0.4) is 0 Å². The lowest BCUT2D eigenvalue weighted by molar-refractivity contribution is 0.338. The highest BCUT2D eigenvalue weighted by Crippen LogP contribution is 2.25. The van der Waals surface area contributed by atoms with Crippen molar-refractivity contribution in [3.05, 3.63) is 28.2 Å². The number of hydrogen-bond donors (Lipinski definition) is 1. The van der Waals surface area contributed by atoms with Crippen LogP contribution in [-0.2, 0) is 6.54 Å². The van der Waals surface area contributed by atoms with E-state index in [-0.39, 0.29) is 0 Å². The molecule has 0 aliphatic carbocycles. The SMILES string of the molecule is CCOc1ccc(CN[C@H](C)CC)cc1Br. The Bertz CT molecular complexity index is 328. The lowest BCUT2D eigenvalue weighted by Crippen LogP contribution is -2.24. The fourth-order valence-electron chi connectivity index (χ4n) is 1.36. The molecule has 0 aliphatic rings. The summed E-state index contributed by atoms with van der Waals surface area (Å²) in [6.45, 7) is 7.98. The summed E-state index contributed by atoms with van der Waals surface area (Å²) < 4.78 is 6.50. The molecule has 90 valence electrons. The molecule has 0 aromatic heterocycles. The number of halogens is 1. The molecule has 0 bridgehead atoms. The molecule has 0 fully saturated rings. The van der Waals surface area contributed by atoms with E-state index >= 15 is 0 Å². The molecule has 1 N–H and O–H groups in total. The molecule has 2 nitrogen and oxygen atoms in total. The molecule has 0 saturated carbocycles. The Hall–Kier alpha value is -0.540. The summed E-state index contributed by atoms with van der Waals surface area (Å²) in [6, 6.07) is 6.79.